The van der Waals surface area contributed by atoms with E-state index in [-0.39, 0.29) is 30.8 Å². The number of allylic oxidation sites excluding steroid dienone is 3. The molecule has 0 saturated carbocycles. The first-order valence-corrected chi connectivity index (χ1v) is 15.1. The van der Waals surface area contributed by atoms with Crippen LogP contribution in [0.25, 0.3) is 5.57 Å². The largest absolute Gasteiger partial charge is 0.447 e. The molecule has 1 aliphatic carbocycles. The molecule has 2 aliphatic rings. The van der Waals surface area contributed by atoms with Crippen molar-refractivity contribution >= 4 is 29.2 Å². The first kappa shape index (κ1) is 33.9. The second kappa shape index (κ2) is 16.3. The van der Waals surface area contributed by atoms with E-state index < -0.39 is 6.04 Å². The third-order valence-electron chi connectivity index (χ3n) is 7.27. The summed E-state index contributed by atoms with van der Waals surface area (Å²) in [6.07, 6.45) is 11.1. The minimum atomic E-state index is -0.519. The molecule has 10 nitrogen and oxygen atoms in total. The van der Waals surface area contributed by atoms with Gasteiger partial charge in [0, 0.05) is 51.4 Å². The molecule has 43 heavy (non-hydrogen) atoms. The third-order valence-corrected chi connectivity index (χ3v) is 7.50. The Morgan fingerprint density at radius 3 is 2.53 bits per heavy atom. The van der Waals surface area contributed by atoms with Crippen molar-refractivity contribution in [3.05, 3.63) is 82.6 Å². The van der Waals surface area contributed by atoms with Crippen LogP contribution in [0.4, 0.5) is 4.79 Å². The molecule has 4 rings (SSSR count). The van der Waals surface area contributed by atoms with Gasteiger partial charge in [-0.05, 0) is 67.0 Å². The molecule has 1 aromatic heterocycles. The Kier molecular flexibility index (Phi) is 12.9. The number of carbonyl (C=O) groups excluding carboxylic acids is 2. The average molecular weight is 613 g/mol. The van der Waals surface area contributed by atoms with Gasteiger partial charge in [-0.15, -0.1) is 0 Å². The lowest BCUT2D eigenvalue weighted by atomic mass is 9.90. The van der Waals surface area contributed by atoms with Crippen LogP contribution in [0, 0.1) is 0 Å². The number of carbonyl (C=O) groups is 2. The van der Waals surface area contributed by atoms with Crippen molar-refractivity contribution in [2.24, 2.45) is 12.8 Å². The van der Waals surface area contributed by atoms with Gasteiger partial charge in [-0.1, -0.05) is 43.7 Å². The van der Waals surface area contributed by atoms with Crippen molar-refractivity contribution in [1.82, 2.24) is 24.7 Å². The fourth-order valence-corrected chi connectivity index (χ4v) is 5.55. The number of amides is 2. The van der Waals surface area contributed by atoms with E-state index in [1.165, 1.54) is 13.3 Å². The van der Waals surface area contributed by atoms with Crippen molar-refractivity contribution in [2.45, 2.75) is 52.3 Å². The number of nitrogens with two attached hydrogens (primary N) is 1. The van der Waals surface area contributed by atoms with E-state index >= 15 is 0 Å². The lowest BCUT2D eigenvalue weighted by Crippen LogP contribution is -2.50. The smallest absolute Gasteiger partial charge is 0.410 e. The first-order chi connectivity index (χ1) is 20.7. The molecule has 1 aliphatic heterocycles. The van der Waals surface area contributed by atoms with E-state index in [9.17, 15) is 9.59 Å². The number of piperazine rings is 1. The molecule has 1 fully saturated rings. The van der Waals surface area contributed by atoms with Gasteiger partial charge in [-0.3, -0.25) is 9.69 Å². The van der Waals surface area contributed by atoms with Crippen molar-refractivity contribution < 1.29 is 19.1 Å². The summed E-state index contributed by atoms with van der Waals surface area (Å²) in [5, 5.41) is 3.74. The predicted octanol–water partition coefficient (Wildman–Crippen LogP) is 4.99. The summed E-state index contributed by atoms with van der Waals surface area (Å²) in [5.74, 6) is -0.249. The van der Waals surface area contributed by atoms with Crippen LogP contribution in [0.3, 0.4) is 0 Å². The van der Waals surface area contributed by atoms with Crippen molar-refractivity contribution in [2.75, 3.05) is 39.9 Å². The first-order valence-electron chi connectivity index (χ1n) is 14.7. The number of imidazole rings is 1. The average Bonchev–Trinajstić information content (AvgIpc) is 3.35. The lowest BCUT2D eigenvalue weighted by molar-refractivity contribution is -0.125. The molecule has 2 aromatic rings. The maximum Gasteiger partial charge on any atom is 0.410 e. The lowest BCUT2D eigenvalue weighted by Gasteiger charge is -2.39. The molecule has 1 saturated heterocycles. The summed E-state index contributed by atoms with van der Waals surface area (Å²) in [7, 11) is 3.39. The van der Waals surface area contributed by atoms with Crippen LogP contribution in [0.5, 0.6) is 0 Å². The number of halogens is 1. The van der Waals surface area contributed by atoms with Gasteiger partial charge < -0.3 is 30.0 Å². The molecule has 3 N–H and O–H groups in total. The zero-order valence-corrected chi connectivity index (χ0v) is 26.8. The Morgan fingerprint density at radius 1 is 1.21 bits per heavy atom. The number of methoxy groups -OCH3 is 1. The topological polar surface area (TPSA) is 115 Å². The fourth-order valence-electron chi connectivity index (χ4n) is 5.38. The number of fused-ring (bicyclic) bond motifs is 1. The van der Waals surface area contributed by atoms with Crippen molar-refractivity contribution in [3.63, 3.8) is 0 Å². The van der Waals surface area contributed by atoms with E-state index in [0.29, 0.717) is 37.6 Å². The maximum atomic E-state index is 12.9. The molecular weight excluding hydrogens is 568 g/mol. The number of nitrogens with zero attached hydrogens (tertiary/aromatic N) is 4. The highest BCUT2D eigenvalue weighted by Gasteiger charge is 2.34. The number of nitrogens with one attached hydrogen (secondary N) is 1. The monoisotopic (exact) mass is 612 g/mol. The van der Waals surface area contributed by atoms with Gasteiger partial charge in [0.25, 0.3) is 0 Å². The molecule has 0 radical (unpaired) electrons. The van der Waals surface area contributed by atoms with E-state index in [1.807, 2.05) is 63.6 Å². The van der Waals surface area contributed by atoms with Gasteiger partial charge in [0.15, 0.2) is 0 Å². The van der Waals surface area contributed by atoms with Gasteiger partial charge in [0.1, 0.15) is 6.61 Å². The Morgan fingerprint density at radius 2 is 1.93 bits per heavy atom. The molecule has 0 spiro atoms. The van der Waals surface area contributed by atoms with Gasteiger partial charge >= 0.3 is 6.09 Å². The van der Waals surface area contributed by atoms with Gasteiger partial charge in [-0.2, -0.15) is 0 Å². The second-order valence-electron chi connectivity index (χ2n) is 10.5. The summed E-state index contributed by atoms with van der Waals surface area (Å²) in [6, 6.07) is 5.40. The van der Waals surface area contributed by atoms with E-state index in [4.69, 9.17) is 26.8 Å². The number of rotatable bonds is 8. The van der Waals surface area contributed by atoms with Crippen molar-refractivity contribution in [1.29, 1.82) is 0 Å². The molecule has 234 valence electrons. The number of hydrogen-bond donors (Lipinski definition) is 2. The zero-order chi connectivity index (χ0) is 31.5. The molecule has 11 heteroatoms. The summed E-state index contributed by atoms with van der Waals surface area (Å²) in [4.78, 5) is 33.9. The molecule has 2 amide bonds. The predicted molar refractivity (Wildman–Crippen MR) is 170 cm³/mol. The van der Waals surface area contributed by atoms with E-state index in [2.05, 4.69) is 27.3 Å². The molecule has 2 heterocycles. The second-order valence-corrected chi connectivity index (χ2v) is 10.9. The molecule has 1 aromatic carbocycles. The van der Waals surface area contributed by atoms with E-state index in [0.717, 1.165) is 28.0 Å². The standard InChI is InChI=1S/C30H39ClN6O4.C2H6/c1-20(2)41-30(39)37-12-10-36(11-13-37)26-15-21(6-5-9-32)14-25(24-16-22(31)7-8-23(24)26)29(34-28(38)18-40-4)27-17-33-19-35(27)3;1-2/h5-9,14,16-17,19-20,26,29H,10-13,15,18,32H2,1-4H3,(H,34,38);1-2H3/b9-5-,21-6-;. The number of hydrogen-bond acceptors (Lipinski definition) is 7. The Balaban J connectivity index is 0.00000248. The number of benzene rings is 1. The third kappa shape index (κ3) is 8.72. The van der Waals surface area contributed by atoms with Gasteiger partial charge in [-0.25, -0.2) is 9.78 Å². The molecule has 2 atom stereocenters. The highest BCUT2D eigenvalue weighted by atomic mass is 35.5. The maximum absolute atomic E-state index is 12.9. The molecular formula is C32H45ClN6O4. The molecule has 0 bridgehead atoms. The number of aromatic nitrogens is 2. The number of ether oxygens (including phenoxy) is 2. The van der Waals surface area contributed by atoms with Crippen LogP contribution < -0.4 is 11.1 Å². The Bertz CT molecular complexity index is 1330. The van der Waals surface area contributed by atoms with Crippen LogP contribution in [0.1, 0.15) is 63.0 Å². The van der Waals surface area contributed by atoms with Crippen LogP contribution >= 0.6 is 11.6 Å². The Hall–Kier alpha value is -3.60. The van der Waals surface area contributed by atoms with Crippen LogP contribution in [-0.2, 0) is 21.3 Å². The highest BCUT2D eigenvalue weighted by molar-refractivity contribution is 6.30. The van der Waals surface area contributed by atoms with Gasteiger partial charge in [0.2, 0.25) is 5.91 Å². The molecule has 2 unspecified atom stereocenters. The number of aryl methyl sites for hydroxylation is 1. The quantitative estimate of drug-likeness (QED) is 0.431. The fraction of sp³-hybridized carbons (Fsp3) is 0.469. The summed E-state index contributed by atoms with van der Waals surface area (Å²) < 4.78 is 12.4. The van der Waals surface area contributed by atoms with Crippen LogP contribution in [-0.4, -0.2) is 77.4 Å². The summed E-state index contributed by atoms with van der Waals surface area (Å²) >= 11 is 6.59. The summed E-state index contributed by atoms with van der Waals surface area (Å²) in [6.45, 7) is 10.1. The minimum absolute atomic E-state index is 0.00132. The van der Waals surface area contributed by atoms with Crippen molar-refractivity contribution in [3.8, 4) is 0 Å². The normalized spacial score (nSPS) is 18.9. The van der Waals surface area contributed by atoms with E-state index in [1.54, 1.807) is 17.4 Å². The van der Waals surface area contributed by atoms with Crippen LogP contribution in [0.2, 0.25) is 5.02 Å². The van der Waals surface area contributed by atoms with Gasteiger partial charge in [0.05, 0.1) is 30.4 Å². The summed E-state index contributed by atoms with van der Waals surface area (Å²) in [5.41, 5.74) is 10.5. The zero-order valence-electron chi connectivity index (χ0n) is 26.0. The minimum Gasteiger partial charge on any atom is -0.447 e. The highest BCUT2D eigenvalue weighted by Crippen LogP contribution is 2.43. The Labute approximate surface area is 260 Å². The van der Waals surface area contributed by atoms with Crippen LogP contribution in [0.15, 0.2) is 60.7 Å². The SMILES string of the molecule is CC.COCC(=O)NC(C1=C/C(=C/C=C\N)CC(N2CCN(C(=O)OC(C)C)CC2)c2ccc(Cl)cc21)c1cncn1C.